The zero-order chi connectivity index (χ0) is 11.1. The van der Waals surface area contributed by atoms with E-state index in [0.29, 0.717) is 12.5 Å². The number of aliphatic hydroxyl groups is 1. The molecule has 0 aliphatic heterocycles. The number of ether oxygens (including phenoxy) is 1. The molecule has 1 aliphatic carbocycles. The predicted molar refractivity (Wildman–Crippen MR) is 61.6 cm³/mol. The van der Waals surface area contributed by atoms with Crippen LogP contribution in [0.2, 0.25) is 0 Å². The van der Waals surface area contributed by atoms with Crippen LogP contribution < -0.4 is 5.73 Å². The smallest absolute Gasteiger partial charge is 0.0503 e. The molecule has 1 saturated carbocycles. The molecule has 1 atom stereocenters. The van der Waals surface area contributed by atoms with Crippen LogP contribution in [-0.4, -0.2) is 31.5 Å². The van der Waals surface area contributed by atoms with Crippen LogP contribution >= 0.6 is 0 Å². The SMILES string of the molecule is CCCCOCCC(CN)(CO)C1CC1. The second kappa shape index (κ2) is 6.46. The first kappa shape index (κ1) is 12.9. The fourth-order valence-electron chi connectivity index (χ4n) is 2.07. The summed E-state index contributed by atoms with van der Waals surface area (Å²) in [7, 11) is 0. The average Bonchev–Trinajstić information content (AvgIpc) is 3.08. The quantitative estimate of drug-likeness (QED) is 0.574. The van der Waals surface area contributed by atoms with E-state index < -0.39 is 0 Å². The van der Waals surface area contributed by atoms with Crippen LogP contribution in [0.4, 0.5) is 0 Å². The summed E-state index contributed by atoms with van der Waals surface area (Å²) in [4.78, 5) is 0. The number of aliphatic hydroxyl groups excluding tert-OH is 1. The maximum atomic E-state index is 9.45. The maximum absolute atomic E-state index is 9.45. The van der Waals surface area contributed by atoms with E-state index in [0.717, 1.165) is 26.1 Å². The molecule has 0 spiro atoms. The lowest BCUT2D eigenvalue weighted by Crippen LogP contribution is -2.37. The molecule has 0 bridgehead atoms. The third-order valence-electron chi connectivity index (χ3n) is 3.55. The van der Waals surface area contributed by atoms with Crippen LogP contribution in [-0.2, 0) is 4.74 Å². The molecule has 0 aromatic carbocycles. The number of hydrogen-bond acceptors (Lipinski definition) is 3. The number of unbranched alkanes of at least 4 members (excludes halogenated alkanes) is 1. The average molecular weight is 215 g/mol. The summed E-state index contributed by atoms with van der Waals surface area (Å²) in [6, 6.07) is 0. The highest BCUT2D eigenvalue weighted by Crippen LogP contribution is 2.46. The van der Waals surface area contributed by atoms with Crippen LogP contribution in [0.1, 0.15) is 39.0 Å². The number of nitrogens with two attached hydrogens (primary N) is 1. The molecule has 1 aliphatic rings. The van der Waals surface area contributed by atoms with Crippen LogP contribution in [0.5, 0.6) is 0 Å². The minimum Gasteiger partial charge on any atom is -0.396 e. The van der Waals surface area contributed by atoms with Gasteiger partial charge in [0.05, 0.1) is 6.61 Å². The summed E-state index contributed by atoms with van der Waals surface area (Å²) in [6.07, 6.45) is 5.66. The van der Waals surface area contributed by atoms with E-state index in [2.05, 4.69) is 6.92 Å². The molecule has 0 aromatic rings. The summed E-state index contributed by atoms with van der Waals surface area (Å²) in [5, 5.41) is 9.45. The Kier molecular flexibility index (Phi) is 5.58. The van der Waals surface area contributed by atoms with Gasteiger partial charge in [-0.3, -0.25) is 0 Å². The lowest BCUT2D eigenvalue weighted by Gasteiger charge is -2.30. The van der Waals surface area contributed by atoms with Crippen LogP contribution in [0.25, 0.3) is 0 Å². The predicted octanol–water partition coefficient (Wildman–Crippen LogP) is 1.54. The van der Waals surface area contributed by atoms with E-state index in [1.807, 2.05) is 0 Å². The van der Waals surface area contributed by atoms with Gasteiger partial charge in [0, 0.05) is 25.2 Å². The Morgan fingerprint density at radius 3 is 2.60 bits per heavy atom. The second-order valence-corrected chi connectivity index (χ2v) is 4.71. The van der Waals surface area contributed by atoms with Gasteiger partial charge in [-0.15, -0.1) is 0 Å². The molecule has 3 heteroatoms. The monoisotopic (exact) mass is 215 g/mol. The minimum atomic E-state index is -0.0494. The van der Waals surface area contributed by atoms with E-state index in [1.165, 1.54) is 19.3 Å². The highest BCUT2D eigenvalue weighted by molar-refractivity contribution is 4.94. The zero-order valence-corrected chi connectivity index (χ0v) is 9.87. The van der Waals surface area contributed by atoms with Crippen molar-refractivity contribution < 1.29 is 9.84 Å². The molecular formula is C12H25NO2. The van der Waals surface area contributed by atoms with Crippen LogP contribution in [0, 0.1) is 11.3 Å². The standard InChI is InChI=1S/C12H25NO2/c1-2-3-7-15-8-6-12(9-13,10-14)11-4-5-11/h11,14H,2-10,13H2,1H3. The van der Waals surface area contributed by atoms with E-state index in [9.17, 15) is 5.11 Å². The first-order valence-corrected chi connectivity index (χ1v) is 6.17. The molecule has 1 unspecified atom stereocenters. The third-order valence-corrected chi connectivity index (χ3v) is 3.55. The van der Waals surface area contributed by atoms with Crippen molar-refractivity contribution in [3.63, 3.8) is 0 Å². The lowest BCUT2D eigenvalue weighted by molar-refractivity contribution is 0.0467. The Hall–Kier alpha value is -0.120. The molecule has 3 nitrogen and oxygen atoms in total. The molecule has 0 amide bonds. The van der Waals surface area contributed by atoms with E-state index in [1.54, 1.807) is 0 Å². The van der Waals surface area contributed by atoms with Crippen molar-refractivity contribution in [2.75, 3.05) is 26.4 Å². The Labute approximate surface area is 93.0 Å². The summed E-state index contributed by atoms with van der Waals surface area (Å²) in [5.74, 6) is 0.641. The van der Waals surface area contributed by atoms with E-state index in [-0.39, 0.29) is 12.0 Å². The van der Waals surface area contributed by atoms with Crippen LogP contribution in [0.15, 0.2) is 0 Å². The van der Waals surface area contributed by atoms with Crippen LogP contribution in [0.3, 0.4) is 0 Å². The van der Waals surface area contributed by atoms with Gasteiger partial charge in [0.2, 0.25) is 0 Å². The molecule has 0 aromatic heterocycles. The fourth-order valence-corrected chi connectivity index (χ4v) is 2.07. The largest absolute Gasteiger partial charge is 0.396 e. The Bertz CT molecular complexity index is 165. The zero-order valence-electron chi connectivity index (χ0n) is 9.87. The van der Waals surface area contributed by atoms with Crippen molar-refractivity contribution in [3.8, 4) is 0 Å². The number of rotatable bonds is 9. The van der Waals surface area contributed by atoms with Crippen molar-refractivity contribution >= 4 is 0 Å². The first-order valence-electron chi connectivity index (χ1n) is 6.17. The molecule has 1 rings (SSSR count). The van der Waals surface area contributed by atoms with Crippen molar-refractivity contribution in [1.82, 2.24) is 0 Å². The van der Waals surface area contributed by atoms with Gasteiger partial charge in [-0.05, 0) is 31.6 Å². The fraction of sp³-hybridized carbons (Fsp3) is 1.00. The first-order chi connectivity index (χ1) is 7.29. The molecule has 0 radical (unpaired) electrons. The summed E-state index contributed by atoms with van der Waals surface area (Å²) < 4.78 is 5.54. The topological polar surface area (TPSA) is 55.5 Å². The molecule has 90 valence electrons. The van der Waals surface area contributed by atoms with Gasteiger partial charge in [-0.1, -0.05) is 13.3 Å². The Balaban J connectivity index is 2.19. The molecule has 15 heavy (non-hydrogen) atoms. The Morgan fingerprint density at radius 2 is 2.13 bits per heavy atom. The summed E-state index contributed by atoms with van der Waals surface area (Å²) in [5.41, 5.74) is 5.74. The van der Waals surface area contributed by atoms with Gasteiger partial charge in [-0.2, -0.15) is 0 Å². The lowest BCUT2D eigenvalue weighted by atomic mass is 9.80. The van der Waals surface area contributed by atoms with Crippen molar-refractivity contribution in [2.24, 2.45) is 17.1 Å². The summed E-state index contributed by atoms with van der Waals surface area (Å²) in [6.45, 7) is 4.55. The normalized spacial score (nSPS) is 20.2. The Morgan fingerprint density at radius 1 is 1.40 bits per heavy atom. The molecule has 0 heterocycles. The second-order valence-electron chi connectivity index (χ2n) is 4.71. The van der Waals surface area contributed by atoms with Gasteiger partial charge in [0.25, 0.3) is 0 Å². The molecule has 0 saturated heterocycles. The van der Waals surface area contributed by atoms with Crippen molar-refractivity contribution in [2.45, 2.75) is 39.0 Å². The van der Waals surface area contributed by atoms with Gasteiger partial charge in [0.15, 0.2) is 0 Å². The van der Waals surface area contributed by atoms with Gasteiger partial charge < -0.3 is 15.6 Å². The summed E-state index contributed by atoms with van der Waals surface area (Å²) >= 11 is 0. The van der Waals surface area contributed by atoms with Crippen molar-refractivity contribution in [1.29, 1.82) is 0 Å². The maximum Gasteiger partial charge on any atom is 0.0503 e. The van der Waals surface area contributed by atoms with Gasteiger partial charge >= 0.3 is 0 Å². The van der Waals surface area contributed by atoms with Crippen molar-refractivity contribution in [3.05, 3.63) is 0 Å². The van der Waals surface area contributed by atoms with E-state index in [4.69, 9.17) is 10.5 Å². The molecule has 1 fully saturated rings. The molecular weight excluding hydrogens is 190 g/mol. The number of hydrogen-bond donors (Lipinski definition) is 2. The third kappa shape index (κ3) is 3.74. The highest BCUT2D eigenvalue weighted by atomic mass is 16.5. The highest BCUT2D eigenvalue weighted by Gasteiger charge is 2.43. The van der Waals surface area contributed by atoms with Gasteiger partial charge in [0.1, 0.15) is 0 Å². The molecule has 3 N–H and O–H groups in total. The van der Waals surface area contributed by atoms with E-state index >= 15 is 0 Å². The van der Waals surface area contributed by atoms with Gasteiger partial charge in [-0.25, -0.2) is 0 Å². The minimum absolute atomic E-state index is 0.0494.